The van der Waals surface area contributed by atoms with E-state index in [1.54, 1.807) is 0 Å². The molecule has 0 bridgehead atoms. The summed E-state index contributed by atoms with van der Waals surface area (Å²) in [6, 6.07) is 0. The molecule has 22 heavy (non-hydrogen) atoms. The van der Waals surface area contributed by atoms with Crippen molar-refractivity contribution >= 4 is 5.97 Å². The van der Waals surface area contributed by atoms with Crippen LogP contribution >= 0.6 is 0 Å². The molecule has 1 N–H and O–H groups in total. The molecule has 0 amide bonds. The Morgan fingerprint density at radius 2 is 2.00 bits per heavy atom. The highest BCUT2D eigenvalue weighted by Gasteiger charge is 2.59. The Morgan fingerprint density at radius 3 is 2.55 bits per heavy atom. The normalized spacial score (nSPS) is 45.2. The zero-order chi connectivity index (χ0) is 16.6. The second-order valence-corrected chi connectivity index (χ2v) is 7.37. The summed E-state index contributed by atoms with van der Waals surface area (Å²) in [6.45, 7) is 13.2. The van der Waals surface area contributed by atoms with Gasteiger partial charge in [-0.1, -0.05) is 20.8 Å². The highest BCUT2D eigenvalue weighted by molar-refractivity contribution is 5.65. The van der Waals surface area contributed by atoms with Crippen molar-refractivity contribution in [2.45, 2.75) is 83.8 Å². The van der Waals surface area contributed by atoms with Gasteiger partial charge in [0.2, 0.25) is 0 Å². The van der Waals surface area contributed by atoms with E-state index < -0.39 is 5.79 Å². The van der Waals surface area contributed by atoms with Crippen molar-refractivity contribution in [3.8, 4) is 0 Å². The topological polar surface area (TPSA) is 56.8 Å². The smallest absolute Gasteiger partial charge is 0.302 e. The Bertz CT molecular complexity index is 429. The lowest BCUT2D eigenvalue weighted by molar-refractivity contribution is -0.253. The molecule has 2 aliphatic heterocycles. The molecule has 2 aliphatic rings. The van der Waals surface area contributed by atoms with Crippen LogP contribution in [0.2, 0.25) is 0 Å². The second kappa shape index (κ2) is 6.10. The zero-order valence-corrected chi connectivity index (χ0v) is 14.8. The lowest BCUT2D eigenvalue weighted by Gasteiger charge is -2.56. The standard InChI is InChI=1S/C17H31NO4/c1-7-15(5)11-17(12(3)16(6,8-2)18-15)21-10-14(22-17)9-20-13(4)19/h12,14,18H,7-11H2,1-6H3. The predicted molar refractivity (Wildman–Crippen MR) is 84.5 cm³/mol. The molecule has 5 heteroatoms. The van der Waals surface area contributed by atoms with Crippen molar-refractivity contribution < 1.29 is 19.0 Å². The number of esters is 1. The fraction of sp³-hybridized carbons (Fsp3) is 0.941. The third-order valence-corrected chi connectivity index (χ3v) is 5.71. The van der Waals surface area contributed by atoms with E-state index in [1.807, 2.05) is 0 Å². The number of ether oxygens (including phenoxy) is 3. The van der Waals surface area contributed by atoms with Crippen molar-refractivity contribution in [1.29, 1.82) is 0 Å². The molecule has 2 heterocycles. The molecule has 2 fully saturated rings. The Morgan fingerprint density at radius 1 is 1.32 bits per heavy atom. The average Bonchev–Trinajstić information content (AvgIpc) is 2.86. The van der Waals surface area contributed by atoms with E-state index >= 15 is 0 Å². The van der Waals surface area contributed by atoms with Crippen LogP contribution in [0.25, 0.3) is 0 Å². The van der Waals surface area contributed by atoms with E-state index in [0.29, 0.717) is 6.61 Å². The summed E-state index contributed by atoms with van der Waals surface area (Å²) in [5, 5.41) is 3.83. The van der Waals surface area contributed by atoms with Crippen LogP contribution in [-0.4, -0.2) is 42.2 Å². The minimum atomic E-state index is -0.592. The van der Waals surface area contributed by atoms with Crippen LogP contribution in [0, 0.1) is 5.92 Å². The van der Waals surface area contributed by atoms with Crippen LogP contribution in [-0.2, 0) is 19.0 Å². The van der Waals surface area contributed by atoms with Crippen LogP contribution in [0.15, 0.2) is 0 Å². The van der Waals surface area contributed by atoms with Crippen molar-refractivity contribution in [1.82, 2.24) is 5.32 Å². The first kappa shape index (κ1) is 17.7. The molecule has 0 aliphatic carbocycles. The van der Waals surface area contributed by atoms with Gasteiger partial charge in [0.15, 0.2) is 5.79 Å². The summed E-state index contributed by atoms with van der Waals surface area (Å²) in [7, 11) is 0. The lowest BCUT2D eigenvalue weighted by Crippen LogP contribution is -2.70. The van der Waals surface area contributed by atoms with Crippen molar-refractivity contribution in [3.05, 3.63) is 0 Å². The van der Waals surface area contributed by atoms with Crippen LogP contribution in [0.4, 0.5) is 0 Å². The highest BCUT2D eigenvalue weighted by atomic mass is 16.8. The molecule has 0 aromatic carbocycles. The maximum absolute atomic E-state index is 11.0. The average molecular weight is 313 g/mol. The van der Waals surface area contributed by atoms with Crippen molar-refractivity contribution in [2.24, 2.45) is 5.92 Å². The summed E-state index contributed by atoms with van der Waals surface area (Å²) >= 11 is 0. The number of hydrogen-bond acceptors (Lipinski definition) is 5. The largest absolute Gasteiger partial charge is 0.463 e. The first-order valence-electron chi connectivity index (χ1n) is 8.43. The predicted octanol–water partition coefficient (Wildman–Crippen LogP) is 2.63. The molecule has 128 valence electrons. The lowest BCUT2D eigenvalue weighted by atomic mass is 9.68. The maximum Gasteiger partial charge on any atom is 0.302 e. The van der Waals surface area contributed by atoms with Gasteiger partial charge in [-0.3, -0.25) is 4.79 Å². The van der Waals surface area contributed by atoms with Crippen LogP contribution < -0.4 is 5.32 Å². The molecule has 5 unspecified atom stereocenters. The number of hydrogen-bond donors (Lipinski definition) is 1. The molecule has 2 rings (SSSR count). The van der Waals surface area contributed by atoms with Crippen molar-refractivity contribution in [3.63, 3.8) is 0 Å². The molecule has 0 saturated carbocycles. The Hall–Kier alpha value is -0.650. The number of carbonyl (C=O) groups excluding carboxylic acids is 1. The Labute approximate surface area is 134 Å². The number of nitrogens with one attached hydrogen (secondary N) is 1. The summed E-state index contributed by atoms with van der Waals surface area (Å²) in [5.74, 6) is -0.655. The van der Waals surface area contributed by atoms with E-state index in [-0.39, 0.29) is 35.7 Å². The van der Waals surface area contributed by atoms with Crippen LogP contribution in [0.3, 0.4) is 0 Å². The maximum atomic E-state index is 11.0. The van der Waals surface area contributed by atoms with Crippen LogP contribution in [0.5, 0.6) is 0 Å². The summed E-state index contributed by atoms with van der Waals surface area (Å²) in [6.07, 6.45) is 2.65. The third-order valence-electron chi connectivity index (χ3n) is 5.71. The van der Waals surface area contributed by atoms with Gasteiger partial charge in [-0.05, 0) is 26.7 Å². The zero-order valence-electron chi connectivity index (χ0n) is 14.8. The monoisotopic (exact) mass is 313 g/mol. The Balaban J connectivity index is 2.19. The fourth-order valence-corrected chi connectivity index (χ4v) is 3.83. The van der Waals surface area contributed by atoms with Gasteiger partial charge in [0.05, 0.1) is 6.61 Å². The first-order chi connectivity index (χ1) is 10.2. The van der Waals surface area contributed by atoms with Gasteiger partial charge < -0.3 is 19.5 Å². The van der Waals surface area contributed by atoms with Gasteiger partial charge in [-0.2, -0.15) is 0 Å². The number of carbonyl (C=O) groups is 1. The minimum Gasteiger partial charge on any atom is -0.463 e. The molecule has 5 atom stereocenters. The van der Waals surface area contributed by atoms with E-state index in [1.165, 1.54) is 6.92 Å². The fourth-order valence-electron chi connectivity index (χ4n) is 3.83. The molecule has 0 aromatic heterocycles. The summed E-state index contributed by atoms with van der Waals surface area (Å²) in [5.41, 5.74) is -0.0626. The first-order valence-corrected chi connectivity index (χ1v) is 8.43. The number of piperidine rings is 1. The number of rotatable bonds is 4. The Kier molecular flexibility index (Phi) is 4.91. The van der Waals surface area contributed by atoms with E-state index in [9.17, 15) is 4.79 Å². The van der Waals surface area contributed by atoms with Gasteiger partial charge in [0.25, 0.3) is 0 Å². The molecule has 1 spiro atoms. The summed E-state index contributed by atoms with van der Waals surface area (Å²) < 4.78 is 17.6. The van der Waals surface area contributed by atoms with Gasteiger partial charge in [0.1, 0.15) is 12.7 Å². The molecular weight excluding hydrogens is 282 g/mol. The van der Waals surface area contributed by atoms with Crippen LogP contribution in [0.1, 0.15) is 60.8 Å². The molecule has 2 saturated heterocycles. The molecule has 5 nitrogen and oxygen atoms in total. The van der Waals surface area contributed by atoms with Crippen molar-refractivity contribution in [2.75, 3.05) is 13.2 Å². The van der Waals surface area contributed by atoms with Gasteiger partial charge >= 0.3 is 5.97 Å². The summed E-state index contributed by atoms with van der Waals surface area (Å²) in [4.78, 5) is 11.0. The van der Waals surface area contributed by atoms with Gasteiger partial charge in [-0.15, -0.1) is 0 Å². The molecule has 0 aromatic rings. The highest BCUT2D eigenvalue weighted by Crippen LogP contribution is 2.48. The second-order valence-electron chi connectivity index (χ2n) is 7.37. The van der Waals surface area contributed by atoms with E-state index in [0.717, 1.165) is 19.3 Å². The van der Waals surface area contributed by atoms with Gasteiger partial charge in [0, 0.05) is 30.3 Å². The molecule has 0 radical (unpaired) electrons. The SMILES string of the molecule is CCC1(C)CC2(OCC(COC(C)=O)O2)C(C)C(C)(CC)N1. The minimum absolute atomic E-state index is 0.0202. The van der Waals surface area contributed by atoms with E-state index in [2.05, 4.69) is 39.9 Å². The van der Waals surface area contributed by atoms with Gasteiger partial charge in [-0.25, -0.2) is 0 Å². The molecular formula is C17H31NO4. The third kappa shape index (κ3) is 3.17. The van der Waals surface area contributed by atoms with E-state index in [4.69, 9.17) is 14.2 Å². The quantitative estimate of drug-likeness (QED) is 0.809.